The second kappa shape index (κ2) is 5.23. The van der Waals surface area contributed by atoms with E-state index in [0.29, 0.717) is 18.8 Å². The van der Waals surface area contributed by atoms with Gasteiger partial charge in [0.05, 0.1) is 11.5 Å². The van der Waals surface area contributed by atoms with Gasteiger partial charge in [0.1, 0.15) is 10.8 Å². The van der Waals surface area contributed by atoms with Crippen LogP contribution in [0.2, 0.25) is 5.02 Å². The number of nitrogens with zero attached hydrogens (tertiary/aromatic N) is 1. The van der Waals surface area contributed by atoms with Crippen molar-refractivity contribution in [3.63, 3.8) is 0 Å². The first-order valence-corrected chi connectivity index (χ1v) is 4.53. The molecule has 0 unspecified atom stereocenters. The first-order valence-electron chi connectivity index (χ1n) is 4.15. The maximum Gasteiger partial charge on any atom is 0.288 e. The molecule has 0 aliphatic heterocycles. The number of halogens is 1. The number of benzene rings is 1. The number of ether oxygens (including phenoxy) is 1. The number of hydrogen-bond donors (Lipinski definition) is 0. The predicted molar refractivity (Wildman–Crippen MR) is 57.1 cm³/mol. The van der Waals surface area contributed by atoms with E-state index in [2.05, 4.69) is 5.92 Å². The molecule has 1 aromatic carbocycles. The van der Waals surface area contributed by atoms with Gasteiger partial charge in [0, 0.05) is 18.6 Å². The van der Waals surface area contributed by atoms with Gasteiger partial charge in [-0.25, -0.2) is 0 Å². The summed E-state index contributed by atoms with van der Waals surface area (Å²) in [7, 11) is 0. The van der Waals surface area contributed by atoms with Gasteiger partial charge in [-0.3, -0.25) is 10.1 Å². The second-order valence-corrected chi connectivity index (χ2v) is 3.08. The van der Waals surface area contributed by atoms with Crippen molar-refractivity contribution in [3.8, 4) is 18.1 Å². The van der Waals surface area contributed by atoms with Crippen molar-refractivity contribution in [3.05, 3.63) is 33.3 Å². The summed E-state index contributed by atoms with van der Waals surface area (Å²) in [5.41, 5.74) is -0.138. The fourth-order valence-corrected chi connectivity index (χ4v) is 1.19. The molecule has 1 aromatic rings. The van der Waals surface area contributed by atoms with Gasteiger partial charge in [-0.1, -0.05) is 11.6 Å². The summed E-state index contributed by atoms with van der Waals surface area (Å²) in [5, 5.41) is 10.5. The molecule has 0 radical (unpaired) electrons. The van der Waals surface area contributed by atoms with Crippen molar-refractivity contribution in [2.45, 2.75) is 6.42 Å². The molecule has 0 heterocycles. The number of nitro groups is 1. The third kappa shape index (κ3) is 3.15. The summed E-state index contributed by atoms with van der Waals surface area (Å²) in [4.78, 5) is 9.90. The molecule has 0 atom stereocenters. The van der Waals surface area contributed by atoms with Gasteiger partial charge in [0.2, 0.25) is 0 Å². The Morgan fingerprint density at radius 3 is 2.87 bits per heavy atom. The quantitative estimate of drug-likeness (QED) is 0.343. The molecule has 0 bridgehead atoms. The van der Waals surface area contributed by atoms with Crippen molar-refractivity contribution in [1.29, 1.82) is 0 Å². The highest BCUT2D eigenvalue weighted by atomic mass is 35.5. The lowest BCUT2D eigenvalue weighted by molar-refractivity contribution is -0.384. The Kier molecular flexibility index (Phi) is 3.95. The summed E-state index contributed by atoms with van der Waals surface area (Å²) >= 11 is 5.68. The van der Waals surface area contributed by atoms with E-state index in [9.17, 15) is 10.1 Å². The Morgan fingerprint density at radius 2 is 2.33 bits per heavy atom. The van der Waals surface area contributed by atoms with Crippen LogP contribution in [0.25, 0.3) is 0 Å². The largest absolute Gasteiger partial charge is 0.493 e. The normalized spacial score (nSPS) is 9.33. The van der Waals surface area contributed by atoms with Crippen LogP contribution in [0.1, 0.15) is 6.42 Å². The SMILES string of the molecule is C#CCCOc1ccc([N+](=O)[O-])c(Cl)c1. The van der Waals surface area contributed by atoms with Crippen LogP contribution in [0.4, 0.5) is 5.69 Å². The van der Waals surface area contributed by atoms with E-state index in [1.54, 1.807) is 0 Å². The average molecular weight is 226 g/mol. The number of terminal acetylenes is 1. The van der Waals surface area contributed by atoms with E-state index in [0.717, 1.165) is 0 Å². The average Bonchev–Trinajstić information content (AvgIpc) is 2.17. The molecule has 0 aromatic heterocycles. The fourth-order valence-electron chi connectivity index (χ4n) is 0.953. The molecule has 0 amide bonds. The minimum atomic E-state index is -0.548. The van der Waals surface area contributed by atoms with E-state index < -0.39 is 4.92 Å². The van der Waals surface area contributed by atoms with Gasteiger partial charge in [0.15, 0.2) is 0 Å². The molecular weight excluding hydrogens is 218 g/mol. The minimum Gasteiger partial charge on any atom is -0.493 e. The minimum absolute atomic E-state index is 0.0539. The summed E-state index contributed by atoms with van der Waals surface area (Å²) in [6, 6.07) is 4.18. The molecule has 0 N–H and O–H groups in total. The predicted octanol–water partition coefficient (Wildman–Crippen LogP) is 2.65. The third-order valence-corrected chi connectivity index (χ3v) is 1.93. The van der Waals surface area contributed by atoms with Gasteiger partial charge in [-0.05, 0) is 6.07 Å². The lowest BCUT2D eigenvalue weighted by Crippen LogP contribution is -1.96. The highest BCUT2D eigenvalue weighted by molar-refractivity contribution is 6.32. The van der Waals surface area contributed by atoms with Crippen molar-refractivity contribution in [1.82, 2.24) is 0 Å². The van der Waals surface area contributed by atoms with Crippen molar-refractivity contribution < 1.29 is 9.66 Å². The molecule has 15 heavy (non-hydrogen) atoms. The Bertz CT molecular complexity index is 412. The molecule has 0 saturated heterocycles. The third-order valence-electron chi connectivity index (χ3n) is 1.63. The summed E-state index contributed by atoms with van der Waals surface area (Å²) in [6.45, 7) is 0.366. The highest BCUT2D eigenvalue weighted by Gasteiger charge is 2.12. The standard InChI is InChI=1S/C10H8ClNO3/c1-2-3-6-15-8-4-5-10(12(13)14)9(11)7-8/h1,4-5,7H,3,6H2. The van der Waals surface area contributed by atoms with Crippen LogP contribution in [0.3, 0.4) is 0 Å². The second-order valence-electron chi connectivity index (χ2n) is 2.67. The summed E-state index contributed by atoms with van der Waals surface area (Å²) < 4.78 is 5.21. The topological polar surface area (TPSA) is 52.4 Å². The zero-order valence-electron chi connectivity index (χ0n) is 7.77. The van der Waals surface area contributed by atoms with Crippen LogP contribution in [0.5, 0.6) is 5.75 Å². The van der Waals surface area contributed by atoms with Crippen molar-refractivity contribution in [2.24, 2.45) is 0 Å². The molecule has 0 saturated carbocycles. The monoisotopic (exact) mass is 225 g/mol. The van der Waals surface area contributed by atoms with Crippen LogP contribution >= 0.6 is 11.6 Å². The van der Waals surface area contributed by atoms with Crippen LogP contribution < -0.4 is 4.74 Å². The number of hydrogen-bond acceptors (Lipinski definition) is 3. The van der Waals surface area contributed by atoms with Gasteiger partial charge >= 0.3 is 0 Å². The Hall–Kier alpha value is -1.73. The van der Waals surface area contributed by atoms with E-state index in [1.807, 2.05) is 0 Å². The maximum atomic E-state index is 10.4. The Morgan fingerprint density at radius 1 is 1.60 bits per heavy atom. The smallest absolute Gasteiger partial charge is 0.288 e. The zero-order chi connectivity index (χ0) is 11.3. The summed E-state index contributed by atoms with van der Waals surface area (Å²) in [6.07, 6.45) is 5.52. The molecule has 1 rings (SSSR count). The van der Waals surface area contributed by atoms with Crippen LogP contribution in [0, 0.1) is 22.5 Å². The molecule has 4 nitrogen and oxygen atoms in total. The Labute approximate surface area is 92.0 Å². The van der Waals surface area contributed by atoms with Crippen LogP contribution in [-0.2, 0) is 0 Å². The molecule has 0 aliphatic carbocycles. The van der Waals surface area contributed by atoms with E-state index >= 15 is 0 Å². The van der Waals surface area contributed by atoms with Gasteiger partial charge in [-0.15, -0.1) is 12.3 Å². The molecule has 0 aliphatic rings. The first kappa shape index (κ1) is 11.3. The fraction of sp³-hybridized carbons (Fsp3) is 0.200. The Balaban J connectivity index is 2.74. The number of rotatable bonds is 4. The number of nitro benzene ring substituents is 1. The van der Waals surface area contributed by atoms with Gasteiger partial charge < -0.3 is 4.74 Å². The van der Waals surface area contributed by atoms with Crippen LogP contribution in [0.15, 0.2) is 18.2 Å². The molecule has 78 valence electrons. The van der Waals surface area contributed by atoms with E-state index in [-0.39, 0.29) is 10.7 Å². The lowest BCUT2D eigenvalue weighted by Gasteiger charge is -2.03. The molecule has 5 heteroatoms. The van der Waals surface area contributed by atoms with Gasteiger partial charge in [0.25, 0.3) is 5.69 Å². The first-order chi connectivity index (χ1) is 7.15. The maximum absolute atomic E-state index is 10.4. The van der Waals surface area contributed by atoms with Crippen molar-refractivity contribution in [2.75, 3.05) is 6.61 Å². The highest BCUT2D eigenvalue weighted by Crippen LogP contribution is 2.28. The molecule has 0 fully saturated rings. The lowest BCUT2D eigenvalue weighted by atomic mass is 10.3. The molecular formula is C10H8ClNO3. The zero-order valence-corrected chi connectivity index (χ0v) is 8.53. The van der Waals surface area contributed by atoms with Crippen molar-refractivity contribution >= 4 is 17.3 Å². The van der Waals surface area contributed by atoms with E-state index in [4.69, 9.17) is 22.8 Å². The van der Waals surface area contributed by atoms with Crippen LogP contribution in [-0.4, -0.2) is 11.5 Å². The van der Waals surface area contributed by atoms with Gasteiger partial charge in [-0.2, -0.15) is 0 Å². The molecule has 0 spiro atoms. The van der Waals surface area contributed by atoms with E-state index in [1.165, 1.54) is 18.2 Å². The summed E-state index contributed by atoms with van der Waals surface area (Å²) in [5.74, 6) is 2.89.